The van der Waals surface area contributed by atoms with E-state index < -0.39 is 43.2 Å². The molecule has 0 radical (unpaired) electrons. The van der Waals surface area contributed by atoms with Gasteiger partial charge in [0.05, 0.1) is 29.4 Å². The van der Waals surface area contributed by atoms with Gasteiger partial charge in [-0.1, -0.05) is 6.07 Å². The van der Waals surface area contributed by atoms with Gasteiger partial charge in [0.1, 0.15) is 17.2 Å². The second-order valence-corrected chi connectivity index (χ2v) is 13.3. The maximum absolute atomic E-state index is 14.0. The van der Waals surface area contributed by atoms with Gasteiger partial charge in [-0.15, -0.1) is 4.73 Å². The number of nitrogens with two attached hydrogens (primary N) is 1. The fourth-order valence-electron chi connectivity index (χ4n) is 4.54. The molecule has 1 aliphatic heterocycles. The van der Waals surface area contributed by atoms with E-state index in [0.29, 0.717) is 37.8 Å². The highest BCUT2D eigenvalue weighted by Gasteiger charge is 2.34. The van der Waals surface area contributed by atoms with Crippen molar-refractivity contribution in [3.05, 3.63) is 69.1 Å². The summed E-state index contributed by atoms with van der Waals surface area (Å²) in [6, 6.07) is 4.29. The lowest BCUT2D eigenvalue weighted by Crippen LogP contribution is -2.42. The van der Waals surface area contributed by atoms with Crippen molar-refractivity contribution in [3.8, 4) is 0 Å². The maximum Gasteiger partial charge on any atom is 0.299 e. The number of fused-ring (bicyclic) bond motifs is 1. The quantitative estimate of drug-likeness (QED) is 0.299. The van der Waals surface area contributed by atoms with E-state index in [0.717, 1.165) is 25.2 Å². The number of aryl methyl sites for hydroxylation is 1. The average Bonchev–Trinajstić information content (AvgIpc) is 2.94. The van der Waals surface area contributed by atoms with Crippen LogP contribution in [0.3, 0.4) is 0 Å². The Morgan fingerprint density at radius 3 is 2.61 bits per heavy atom. The van der Waals surface area contributed by atoms with Crippen molar-refractivity contribution in [2.45, 2.75) is 38.0 Å². The molecule has 0 spiro atoms. The lowest BCUT2D eigenvalue weighted by Gasteiger charge is -2.31. The molecule has 0 unspecified atom stereocenters. The van der Waals surface area contributed by atoms with Crippen molar-refractivity contribution in [2.75, 3.05) is 44.3 Å². The molecule has 2 aromatic heterocycles. The van der Waals surface area contributed by atoms with Crippen molar-refractivity contribution in [1.82, 2.24) is 19.9 Å². The van der Waals surface area contributed by atoms with E-state index >= 15 is 0 Å². The minimum atomic E-state index is -3.54. The number of sulfone groups is 1. The minimum absolute atomic E-state index is 0.0264. The molecule has 14 heteroatoms. The number of ether oxygens (including phenoxy) is 1. The first-order valence-electron chi connectivity index (χ1n) is 13.1. The number of carbonyl (C=O) groups is 1. The number of carbonyl (C=O) groups excluding carboxylic acids is 1. The molecular formula is C27H33F2N5O6S. The van der Waals surface area contributed by atoms with E-state index in [9.17, 15) is 32.0 Å². The largest absolute Gasteiger partial charge is 0.423 e. The van der Waals surface area contributed by atoms with Crippen LogP contribution in [0.25, 0.3) is 11.0 Å². The van der Waals surface area contributed by atoms with Crippen molar-refractivity contribution in [3.63, 3.8) is 0 Å². The minimum Gasteiger partial charge on any atom is -0.423 e. The standard InChI is InChI=1S/C27H33F2N5O6S/c1-27(2,6-7-33-8-10-40-11-9-33)41(38,39)12-5-17-13-20-23(30)22(26(36)34(37)24(20)31-15-17)25(35)32-16-18-3-4-19(28)14-21(18)29/h3-4,13-15,37H,5-12,16,30H2,1-2H3,(H,32,35). The zero-order chi connectivity index (χ0) is 29.9. The topological polar surface area (TPSA) is 157 Å². The summed E-state index contributed by atoms with van der Waals surface area (Å²) in [5, 5.41) is 12.8. The number of amides is 1. The van der Waals surface area contributed by atoms with E-state index in [-0.39, 0.29) is 45.7 Å². The molecule has 0 atom stereocenters. The molecule has 0 bridgehead atoms. The molecule has 1 saturated heterocycles. The van der Waals surface area contributed by atoms with Crippen molar-refractivity contribution in [1.29, 1.82) is 0 Å². The highest BCUT2D eigenvalue weighted by atomic mass is 32.2. The van der Waals surface area contributed by atoms with E-state index in [1.807, 2.05) is 0 Å². The summed E-state index contributed by atoms with van der Waals surface area (Å²) in [7, 11) is -3.54. The average molecular weight is 594 g/mol. The Hall–Kier alpha value is -3.62. The summed E-state index contributed by atoms with van der Waals surface area (Å²) in [6.07, 6.45) is 1.87. The molecule has 0 saturated carbocycles. The van der Waals surface area contributed by atoms with Gasteiger partial charge in [0, 0.05) is 42.8 Å². The van der Waals surface area contributed by atoms with Crippen molar-refractivity contribution in [2.24, 2.45) is 0 Å². The Labute approximate surface area is 235 Å². The number of benzene rings is 1. The predicted molar refractivity (Wildman–Crippen MR) is 149 cm³/mol. The van der Waals surface area contributed by atoms with Gasteiger partial charge in [-0.05, 0) is 50.9 Å². The highest BCUT2D eigenvalue weighted by molar-refractivity contribution is 7.92. The number of hydrogen-bond donors (Lipinski definition) is 3. The fraction of sp³-hybridized carbons (Fsp3) is 0.444. The number of rotatable bonds is 10. The molecule has 3 aromatic rings. The maximum atomic E-state index is 14.0. The number of hydrogen-bond acceptors (Lipinski definition) is 9. The van der Waals surface area contributed by atoms with E-state index in [4.69, 9.17) is 10.5 Å². The number of nitrogens with zero attached hydrogens (tertiary/aromatic N) is 3. The highest BCUT2D eigenvalue weighted by Crippen LogP contribution is 2.26. The number of anilines is 1. The summed E-state index contributed by atoms with van der Waals surface area (Å²) < 4.78 is 58.1. The molecule has 4 N–H and O–H groups in total. The number of morpholine rings is 1. The first-order chi connectivity index (χ1) is 19.3. The van der Waals surface area contributed by atoms with Crippen LogP contribution in [0, 0.1) is 11.6 Å². The first kappa shape index (κ1) is 30.3. The van der Waals surface area contributed by atoms with Gasteiger partial charge < -0.3 is 21.0 Å². The number of pyridine rings is 2. The summed E-state index contributed by atoms with van der Waals surface area (Å²) in [4.78, 5) is 31.8. The molecule has 11 nitrogen and oxygen atoms in total. The molecule has 1 aromatic carbocycles. The molecule has 1 aliphatic rings. The normalized spacial score (nSPS) is 14.8. The van der Waals surface area contributed by atoms with E-state index in [1.54, 1.807) is 13.8 Å². The number of aromatic nitrogens is 2. The van der Waals surface area contributed by atoms with Crippen LogP contribution >= 0.6 is 0 Å². The number of halogens is 2. The molecule has 3 heterocycles. The molecule has 41 heavy (non-hydrogen) atoms. The molecule has 1 fully saturated rings. The predicted octanol–water partition coefficient (Wildman–Crippen LogP) is 1.88. The van der Waals surface area contributed by atoms with Crippen molar-refractivity contribution < 1.29 is 31.9 Å². The van der Waals surface area contributed by atoms with Crippen LogP contribution in [0.5, 0.6) is 0 Å². The monoisotopic (exact) mass is 593 g/mol. The van der Waals surface area contributed by atoms with Gasteiger partial charge in [-0.3, -0.25) is 14.5 Å². The van der Waals surface area contributed by atoms with E-state index in [2.05, 4.69) is 15.2 Å². The third-order valence-corrected chi connectivity index (χ3v) is 10.0. The van der Waals surface area contributed by atoms with Gasteiger partial charge in [-0.2, -0.15) is 0 Å². The van der Waals surface area contributed by atoms with Crippen LogP contribution in [0.15, 0.2) is 35.3 Å². The fourth-order valence-corrected chi connectivity index (χ4v) is 6.00. The molecule has 222 valence electrons. The third kappa shape index (κ3) is 6.66. The Kier molecular flexibility index (Phi) is 8.94. The second kappa shape index (κ2) is 12.1. The van der Waals surface area contributed by atoms with Gasteiger partial charge in [0.2, 0.25) is 0 Å². The van der Waals surface area contributed by atoms with Crippen LogP contribution in [0.2, 0.25) is 0 Å². The molecule has 1 amide bonds. The number of nitrogen functional groups attached to an aromatic ring is 1. The van der Waals surface area contributed by atoms with Gasteiger partial charge in [-0.25, -0.2) is 22.2 Å². The van der Waals surface area contributed by atoms with Crippen LogP contribution < -0.4 is 16.6 Å². The summed E-state index contributed by atoms with van der Waals surface area (Å²) in [5.74, 6) is -2.83. The van der Waals surface area contributed by atoms with E-state index in [1.165, 1.54) is 12.3 Å². The second-order valence-electron chi connectivity index (χ2n) is 10.6. The number of nitrogens with one attached hydrogen (secondary N) is 1. The summed E-state index contributed by atoms with van der Waals surface area (Å²) in [6.45, 7) is 6.45. The Morgan fingerprint density at radius 1 is 1.22 bits per heavy atom. The zero-order valence-electron chi connectivity index (χ0n) is 22.8. The summed E-state index contributed by atoms with van der Waals surface area (Å²) >= 11 is 0. The van der Waals surface area contributed by atoms with Crippen LogP contribution in [-0.4, -0.2) is 77.5 Å². The van der Waals surface area contributed by atoms with Gasteiger partial charge in [0.25, 0.3) is 11.5 Å². The SMILES string of the molecule is CC(C)(CCN1CCOCC1)S(=O)(=O)CCc1cnc2c(c1)c(N)c(C(=O)NCc1ccc(F)cc1F)c(=O)n2O. The van der Waals surface area contributed by atoms with Crippen LogP contribution in [-0.2, 0) is 27.5 Å². The summed E-state index contributed by atoms with van der Waals surface area (Å²) in [5.41, 5.74) is 4.36. The zero-order valence-corrected chi connectivity index (χ0v) is 23.6. The Balaban J connectivity index is 1.51. The lowest BCUT2D eigenvalue weighted by atomic mass is 10.1. The molecular weight excluding hydrogens is 560 g/mol. The third-order valence-electron chi connectivity index (χ3n) is 7.41. The Morgan fingerprint density at radius 2 is 1.93 bits per heavy atom. The van der Waals surface area contributed by atoms with Gasteiger partial charge >= 0.3 is 0 Å². The van der Waals surface area contributed by atoms with Crippen molar-refractivity contribution >= 4 is 32.5 Å². The van der Waals surface area contributed by atoms with Crippen LogP contribution in [0.4, 0.5) is 14.5 Å². The molecule has 4 rings (SSSR count). The molecule has 0 aliphatic carbocycles. The van der Waals surface area contributed by atoms with Crippen LogP contribution in [0.1, 0.15) is 41.8 Å². The Bertz CT molecular complexity index is 1620. The van der Waals surface area contributed by atoms with Gasteiger partial charge in [0.15, 0.2) is 15.5 Å². The first-order valence-corrected chi connectivity index (χ1v) is 14.7. The lowest BCUT2D eigenvalue weighted by molar-refractivity contribution is 0.0364. The smallest absolute Gasteiger partial charge is 0.299 e.